The molecular formula is C17H16N2OS. The Balaban J connectivity index is 1.60. The smallest absolute Gasteiger partial charge is 0.142 e. The molecule has 0 spiro atoms. The summed E-state index contributed by atoms with van der Waals surface area (Å²) in [4.78, 5) is 4.64. The summed E-state index contributed by atoms with van der Waals surface area (Å²) >= 11 is 1.66. The van der Waals surface area contributed by atoms with Crippen molar-refractivity contribution in [1.29, 1.82) is 0 Å². The predicted octanol–water partition coefficient (Wildman–Crippen LogP) is 4.01. The van der Waals surface area contributed by atoms with Gasteiger partial charge in [-0.2, -0.15) is 0 Å². The van der Waals surface area contributed by atoms with Gasteiger partial charge in [0.25, 0.3) is 0 Å². The van der Waals surface area contributed by atoms with E-state index < -0.39 is 0 Å². The summed E-state index contributed by atoms with van der Waals surface area (Å²) in [6.45, 7) is 0.579. The molecule has 0 fully saturated rings. The van der Waals surface area contributed by atoms with E-state index in [0.29, 0.717) is 12.3 Å². The Morgan fingerprint density at radius 1 is 1.00 bits per heavy atom. The van der Waals surface area contributed by atoms with Crippen LogP contribution in [0.2, 0.25) is 0 Å². The van der Waals surface area contributed by atoms with Crippen LogP contribution < -0.4 is 10.5 Å². The monoisotopic (exact) mass is 296 g/mol. The zero-order chi connectivity index (χ0) is 14.5. The van der Waals surface area contributed by atoms with Gasteiger partial charge in [0.15, 0.2) is 0 Å². The fourth-order valence-corrected chi connectivity index (χ4v) is 2.82. The van der Waals surface area contributed by atoms with Gasteiger partial charge in [-0.15, -0.1) is 11.3 Å². The van der Waals surface area contributed by atoms with E-state index in [1.54, 1.807) is 11.3 Å². The van der Waals surface area contributed by atoms with Crippen LogP contribution in [0.4, 0.5) is 5.69 Å². The molecule has 106 valence electrons. The highest BCUT2D eigenvalue weighted by Crippen LogP contribution is 2.23. The van der Waals surface area contributed by atoms with Crippen molar-refractivity contribution in [2.75, 3.05) is 12.3 Å². The van der Waals surface area contributed by atoms with Gasteiger partial charge < -0.3 is 10.5 Å². The predicted molar refractivity (Wildman–Crippen MR) is 87.6 cm³/mol. The van der Waals surface area contributed by atoms with Gasteiger partial charge in [0.2, 0.25) is 0 Å². The van der Waals surface area contributed by atoms with Crippen LogP contribution in [-0.2, 0) is 6.42 Å². The molecule has 0 saturated heterocycles. The number of benzene rings is 2. The molecule has 0 bridgehead atoms. The molecule has 0 aliphatic rings. The van der Waals surface area contributed by atoms with Crippen molar-refractivity contribution in [3.8, 4) is 17.0 Å². The molecule has 0 radical (unpaired) electrons. The van der Waals surface area contributed by atoms with E-state index in [1.807, 2.05) is 42.5 Å². The molecule has 3 rings (SSSR count). The Labute approximate surface area is 128 Å². The van der Waals surface area contributed by atoms with Crippen LogP contribution in [0.25, 0.3) is 11.3 Å². The standard InChI is InChI=1S/C17H16N2OS/c18-14-8-4-5-9-16(14)20-11-10-17-19-15(12-21-17)13-6-2-1-3-7-13/h1-9,12H,10-11,18H2. The normalized spacial score (nSPS) is 10.5. The van der Waals surface area contributed by atoms with Gasteiger partial charge in [0, 0.05) is 17.4 Å². The van der Waals surface area contributed by atoms with Crippen LogP contribution in [0.5, 0.6) is 5.75 Å². The second-order valence-corrected chi connectivity index (χ2v) is 5.57. The van der Waals surface area contributed by atoms with Crippen LogP contribution in [0, 0.1) is 0 Å². The lowest BCUT2D eigenvalue weighted by Crippen LogP contribution is -2.03. The third kappa shape index (κ3) is 3.41. The van der Waals surface area contributed by atoms with E-state index >= 15 is 0 Å². The number of rotatable bonds is 5. The molecule has 0 unspecified atom stereocenters. The van der Waals surface area contributed by atoms with Gasteiger partial charge >= 0.3 is 0 Å². The molecule has 3 aromatic rings. The van der Waals surface area contributed by atoms with E-state index in [1.165, 1.54) is 0 Å². The number of nitrogens with two attached hydrogens (primary N) is 1. The third-order valence-electron chi connectivity index (χ3n) is 3.11. The summed E-state index contributed by atoms with van der Waals surface area (Å²) in [5, 5.41) is 3.16. The van der Waals surface area contributed by atoms with Crippen molar-refractivity contribution in [2.24, 2.45) is 0 Å². The number of anilines is 1. The molecular weight excluding hydrogens is 280 g/mol. The van der Waals surface area contributed by atoms with Crippen molar-refractivity contribution < 1.29 is 4.74 Å². The molecule has 0 saturated carbocycles. The second-order valence-electron chi connectivity index (χ2n) is 4.63. The molecule has 0 aliphatic heterocycles. The van der Waals surface area contributed by atoms with Crippen LogP contribution in [-0.4, -0.2) is 11.6 Å². The van der Waals surface area contributed by atoms with E-state index in [2.05, 4.69) is 22.5 Å². The molecule has 2 N–H and O–H groups in total. The summed E-state index contributed by atoms with van der Waals surface area (Å²) in [5.41, 5.74) is 8.68. The second kappa shape index (κ2) is 6.41. The zero-order valence-electron chi connectivity index (χ0n) is 11.5. The minimum atomic E-state index is 0.579. The Hall–Kier alpha value is -2.33. The van der Waals surface area contributed by atoms with Crippen molar-refractivity contribution in [3.63, 3.8) is 0 Å². The van der Waals surface area contributed by atoms with Gasteiger partial charge in [-0.05, 0) is 12.1 Å². The molecule has 0 atom stereocenters. The first-order chi connectivity index (χ1) is 10.3. The van der Waals surface area contributed by atoms with Crippen LogP contribution in [0.3, 0.4) is 0 Å². The fourth-order valence-electron chi connectivity index (χ4n) is 2.03. The Morgan fingerprint density at radius 3 is 2.57 bits per heavy atom. The number of aromatic nitrogens is 1. The van der Waals surface area contributed by atoms with Gasteiger partial charge in [-0.3, -0.25) is 0 Å². The van der Waals surface area contributed by atoms with E-state index in [-0.39, 0.29) is 0 Å². The first-order valence-corrected chi connectivity index (χ1v) is 7.68. The maximum Gasteiger partial charge on any atom is 0.142 e. The van der Waals surface area contributed by atoms with Gasteiger partial charge in [0.1, 0.15) is 5.75 Å². The summed E-state index contributed by atoms with van der Waals surface area (Å²) in [7, 11) is 0. The summed E-state index contributed by atoms with van der Waals surface area (Å²) < 4.78 is 5.70. The van der Waals surface area contributed by atoms with Crippen LogP contribution in [0.1, 0.15) is 5.01 Å². The number of hydrogen-bond donors (Lipinski definition) is 1. The quantitative estimate of drug-likeness (QED) is 0.724. The lowest BCUT2D eigenvalue weighted by molar-refractivity contribution is 0.323. The minimum absolute atomic E-state index is 0.579. The van der Waals surface area contributed by atoms with Crippen molar-refractivity contribution in [1.82, 2.24) is 4.98 Å². The zero-order valence-corrected chi connectivity index (χ0v) is 12.3. The molecule has 1 aromatic heterocycles. The summed E-state index contributed by atoms with van der Waals surface area (Å²) in [5.74, 6) is 0.734. The van der Waals surface area contributed by atoms with Crippen molar-refractivity contribution in [3.05, 3.63) is 65.0 Å². The number of nitrogens with zero attached hydrogens (tertiary/aromatic N) is 1. The highest BCUT2D eigenvalue weighted by atomic mass is 32.1. The number of nitrogen functional groups attached to an aromatic ring is 1. The lowest BCUT2D eigenvalue weighted by Gasteiger charge is -2.07. The maximum absolute atomic E-state index is 5.84. The number of para-hydroxylation sites is 2. The summed E-state index contributed by atoms with van der Waals surface area (Å²) in [6.07, 6.45) is 0.784. The molecule has 2 aromatic carbocycles. The summed E-state index contributed by atoms with van der Waals surface area (Å²) in [6, 6.07) is 17.7. The number of hydrogen-bond acceptors (Lipinski definition) is 4. The van der Waals surface area contributed by atoms with E-state index in [0.717, 1.165) is 28.4 Å². The average Bonchev–Trinajstić information content (AvgIpc) is 2.99. The lowest BCUT2D eigenvalue weighted by atomic mass is 10.2. The fraction of sp³-hybridized carbons (Fsp3) is 0.118. The van der Waals surface area contributed by atoms with Crippen LogP contribution >= 0.6 is 11.3 Å². The number of thiazole rings is 1. The van der Waals surface area contributed by atoms with Crippen molar-refractivity contribution in [2.45, 2.75) is 6.42 Å². The van der Waals surface area contributed by atoms with Crippen LogP contribution in [0.15, 0.2) is 60.0 Å². The first kappa shape index (κ1) is 13.6. The Morgan fingerprint density at radius 2 is 1.76 bits per heavy atom. The highest BCUT2D eigenvalue weighted by Gasteiger charge is 2.05. The molecule has 21 heavy (non-hydrogen) atoms. The first-order valence-electron chi connectivity index (χ1n) is 6.80. The molecule has 0 aliphatic carbocycles. The van der Waals surface area contributed by atoms with E-state index in [9.17, 15) is 0 Å². The number of ether oxygens (including phenoxy) is 1. The Kier molecular flexibility index (Phi) is 4.17. The minimum Gasteiger partial charge on any atom is -0.491 e. The third-order valence-corrected chi connectivity index (χ3v) is 4.02. The molecule has 0 amide bonds. The highest BCUT2D eigenvalue weighted by molar-refractivity contribution is 7.09. The topological polar surface area (TPSA) is 48.1 Å². The molecule has 4 heteroatoms. The van der Waals surface area contributed by atoms with Crippen molar-refractivity contribution >= 4 is 17.0 Å². The van der Waals surface area contributed by atoms with Gasteiger partial charge in [-0.1, -0.05) is 42.5 Å². The van der Waals surface area contributed by atoms with Gasteiger partial charge in [0.05, 0.1) is 23.0 Å². The maximum atomic E-state index is 5.84. The van der Waals surface area contributed by atoms with E-state index in [4.69, 9.17) is 10.5 Å². The average molecular weight is 296 g/mol. The SMILES string of the molecule is Nc1ccccc1OCCc1nc(-c2ccccc2)cs1. The largest absolute Gasteiger partial charge is 0.491 e. The Bertz CT molecular complexity index is 710. The molecule has 3 nitrogen and oxygen atoms in total. The molecule has 1 heterocycles. The van der Waals surface area contributed by atoms with Gasteiger partial charge in [-0.25, -0.2) is 4.98 Å².